The molecule has 5 nitrogen and oxygen atoms in total. The van der Waals surface area contributed by atoms with Crippen LogP contribution in [0.1, 0.15) is 19.4 Å². The van der Waals surface area contributed by atoms with Gasteiger partial charge in [0.2, 0.25) is 0 Å². The monoisotopic (exact) mass is 312 g/mol. The summed E-state index contributed by atoms with van der Waals surface area (Å²) < 4.78 is 4.67. The lowest BCUT2D eigenvalue weighted by molar-refractivity contribution is -0.143. The fraction of sp³-hybridized carbons (Fsp3) is 0.467. The van der Waals surface area contributed by atoms with E-state index in [0.717, 1.165) is 5.56 Å². The molecule has 0 spiro atoms. The van der Waals surface area contributed by atoms with Crippen LogP contribution in [-0.4, -0.2) is 31.7 Å². The Bertz CT molecular complexity index is 474. The molecule has 0 aliphatic carbocycles. The maximum absolute atomic E-state index is 11.8. The second-order valence-electron chi connectivity index (χ2n) is 5.02. The average Bonchev–Trinajstić information content (AvgIpc) is 2.45. The molecule has 116 valence electrons. The lowest BCUT2D eigenvalue weighted by atomic mass is 10.1. The predicted molar refractivity (Wildman–Crippen MR) is 82.3 cm³/mol. The minimum atomic E-state index is -0.648. The van der Waals surface area contributed by atoms with Crippen molar-refractivity contribution in [3.8, 4) is 0 Å². The first-order chi connectivity index (χ1) is 9.93. The molecule has 0 heterocycles. The highest BCUT2D eigenvalue weighted by molar-refractivity contribution is 6.30. The van der Waals surface area contributed by atoms with E-state index in [-0.39, 0.29) is 11.9 Å². The fourth-order valence-corrected chi connectivity index (χ4v) is 1.91. The van der Waals surface area contributed by atoms with Crippen LogP contribution in [0.3, 0.4) is 0 Å². The van der Waals surface area contributed by atoms with Gasteiger partial charge in [0.05, 0.1) is 7.11 Å². The number of rotatable bonds is 6. The number of ether oxygens (including phenoxy) is 1. The fourth-order valence-electron chi connectivity index (χ4n) is 1.79. The number of urea groups is 1. The molecule has 0 aromatic heterocycles. The molecule has 6 heteroatoms. The van der Waals surface area contributed by atoms with Crippen molar-refractivity contribution in [2.75, 3.05) is 13.7 Å². The van der Waals surface area contributed by atoms with E-state index in [1.807, 2.05) is 38.1 Å². The first kappa shape index (κ1) is 17.3. The first-order valence-corrected chi connectivity index (χ1v) is 7.18. The lowest BCUT2D eigenvalue weighted by Crippen LogP contribution is -2.49. The van der Waals surface area contributed by atoms with Crippen molar-refractivity contribution in [1.29, 1.82) is 0 Å². The molecular formula is C15H21ClN2O3. The number of amides is 2. The number of hydrogen-bond donors (Lipinski definition) is 2. The summed E-state index contributed by atoms with van der Waals surface area (Å²) in [6.07, 6.45) is 0.690. The number of benzene rings is 1. The number of esters is 1. The zero-order chi connectivity index (χ0) is 15.8. The predicted octanol–water partition coefficient (Wildman–Crippen LogP) is 2.38. The first-order valence-electron chi connectivity index (χ1n) is 6.80. The van der Waals surface area contributed by atoms with Crippen LogP contribution < -0.4 is 10.6 Å². The number of carbonyl (C=O) groups excluding carboxylic acids is 2. The molecule has 0 radical (unpaired) electrons. The summed E-state index contributed by atoms with van der Waals surface area (Å²) >= 11 is 5.80. The maximum Gasteiger partial charge on any atom is 0.328 e. The van der Waals surface area contributed by atoms with Crippen molar-refractivity contribution in [3.05, 3.63) is 34.9 Å². The van der Waals surface area contributed by atoms with Gasteiger partial charge in [0, 0.05) is 11.6 Å². The van der Waals surface area contributed by atoms with Crippen LogP contribution >= 0.6 is 11.6 Å². The van der Waals surface area contributed by atoms with Gasteiger partial charge in [-0.05, 0) is 30.0 Å². The molecule has 0 aliphatic heterocycles. The third-order valence-electron chi connectivity index (χ3n) is 3.02. The zero-order valence-electron chi connectivity index (χ0n) is 12.5. The van der Waals surface area contributed by atoms with Crippen LogP contribution in [0.15, 0.2) is 24.3 Å². The van der Waals surface area contributed by atoms with Crippen LogP contribution in [0.4, 0.5) is 4.79 Å². The summed E-state index contributed by atoms with van der Waals surface area (Å²) in [5.74, 6) is -0.489. The Kier molecular flexibility index (Phi) is 7.02. The van der Waals surface area contributed by atoms with Crippen LogP contribution in [-0.2, 0) is 16.0 Å². The van der Waals surface area contributed by atoms with Crippen LogP contribution in [0.2, 0.25) is 5.02 Å². The Labute approximate surface area is 130 Å². The van der Waals surface area contributed by atoms with Crippen molar-refractivity contribution in [2.45, 2.75) is 26.3 Å². The summed E-state index contributed by atoms with van der Waals surface area (Å²) in [6, 6.07) is 6.41. The van der Waals surface area contributed by atoms with Crippen molar-refractivity contribution >= 4 is 23.6 Å². The molecule has 0 bridgehead atoms. The summed E-state index contributed by atoms with van der Waals surface area (Å²) in [5.41, 5.74) is 1.08. The minimum absolute atomic E-state index is 0.0422. The van der Waals surface area contributed by atoms with E-state index in [4.69, 9.17) is 11.6 Å². The van der Waals surface area contributed by atoms with Crippen molar-refractivity contribution in [1.82, 2.24) is 10.6 Å². The number of halogens is 1. The highest BCUT2D eigenvalue weighted by Gasteiger charge is 2.24. The molecule has 2 amide bonds. The van der Waals surface area contributed by atoms with Crippen molar-refractivity contribution in [2.24, 2.45) is 5.92 Å². The Balaban J connectivity index is 2.39. The van der Waals surface area contributed by atoms with Crippen LogP contribution in [0, 0.1) is 5.92 Å². The molecule has 1 aromatic rings. The molecule has 2 N–H and O–H groups in total. The quantitative estimate of drug-likeness (QED) is 0.793. The molecule has 1 atom stereocenters. The van der Waals surface area contributed by atoms with E-state index >= 15 is 0 Å². The molecule has 0 saturated heterocycles. The van der Waals surface area contributed by atoms with E-state index in [0.29, 0.717) is 18.0 Å². The van der Waals surface area contributed by atoms with Gasteiger partial charge in [-0.2, -0.15) is 0 Å². The van der Waals surface area contributed by atoms with Gasteiger partial charge < -0.3 is 15.4 Å². The lowest BCUT2D eigenvalue weighted by Gasteiger charge is -2.20. The van der Waals surface area contributed by atoms with Gasteiger partial charge in [-0.15, -0.1) is 0 Å². The zero-order valence-corrected chi connectivity index (χ0v) is 13.2. The third kappa shape index (κ3) is 6.04. The van der Waals surface area contributed by atoms with Crippen LogP contribution in [0.25, 0.3) is 0 Å². The molecule has 0 aliphatic rings. The standard InChI is InChI=1S/C15H21ClN2O3/c1-10(2)13(14(19)21-3)18-15(20)17-9-8-11-4-6-12(16)7-5-11/h4-7,10,13H,8-9H2,1-3H3,(H2,17,18,20). The second kappa shape index (κ2) is 8.52. The average molecular weight is 313 g/mol. The summed E-state index contributed by atoms with van der Waals surface area (Å²) in [7, 11) is 1.30. The van der Waals surface area contributed by atoms with Gasteiger partial charge in [-0.3, -0.25) is 0 Å². The van der Waals surface area contributed by atoms with Crippen LogP contribution in [0.5, 0.6) is 0 Å². The van der Waals surface area contributed by atoms with Gasteiger partial charge in [-0.25, -0.2) is 9.59 Å². The summed E-state index contributed by atoms with van der Waals surface area (Å²) in [4.78, 5) is 23.3. The van der Waals surface area contributed by atoms with E-state index in [1.165, 1.54) is 7.11 Å². The van der Waals surface area contributed by atoms with E-state index < -0.39 is 12.0 Å². The Hall–Kier alpha value is -1.75. The summed E-state index contributed by atoms with van der Waals surface area (Å²) in [5, 5.41) is 6.02. The number of methoxy groups -OCH3 is 1. The molecule has 0 fully saturated rings. The van der Waals surface area contributed by atoms with Crippen molar-refractivity contribution in [3.63, 3.8) is 0 Å². The van der Waals surface area contributed by atoms with E-state index in [1.54, 1.807) is 0 Å². The van der Waals surface area contributed by atoms with E-state index in [9.17, 15) is 9.59 Å². The normalized spacial score (nSPS) is 11.9. The highest BCUT2D eigenvalue weighted by Crippen LogP contribution is 2.09. The molecular weight excluding hydrogens is 292 g/mol. The summed E-state index contributed by atoms with van der Waals surface area (Å²) in [6.45, 7) is 4.16. The largest absolute Gasteiger partial charge is 0.467 e. The molecule has 21 heavy (non-hydrogen) atoms. The number of hydrogen-bond acceptors (Lipinski definition) is 3. The van der Waals surface area contributed by atoms with Gasteiger partial charge in [0.25, 0.3) is 0 Å². The molecule has 1 unspecified atom stereocenters. The Morgan fingerprint density at radius 2 is 1.86 bits per heavy atom. The smallest absolute Gasteiger partial charge is 0.328 e. The SMILES string of the molecule is COC(=O)C(NC(=O)NCCc1ccc(Cl)cc1)C(C)C. The number of carbonyl (C=O) groups is 2. The third-order valence-corrected chi connectivity index (χ3v) is 3.27. The molecule has 0 saturated carbocycles. The van der Waals surface area contributed by atoms with Crippen molar-refractivity contribution < 1.29 is 14.3 Å². The highest BCUT2D eigenvalue weighted by atomic mass is 35.5. The Morgan fingerprint density at radius 3 is 2.38 bits per heavy atom. The topological polar surface area (TPSA) is 67.4 Å². The van der Waals surface area contributed by atoms with Gasteiger partial charge >= 0.3 is 12.0 Å². The maximum atomic E-state index is 11.8. The molecule has 1 aromatic carbocycles. The second-order valence-corrected chi connectivity index (χ2v) is 5.46. The minimum Gasteiger partial charge on any atom is -0.467 e. The van der Waals surface area contributed by atoms with Gasteiger partial charge in [0.15, 0.2) is 0 Å². The Morgan fingerprint density at radius 1 is 1.24 bits per heavy atom. The van der Waals surface area contributed by atoms with Gasteiger partial charge in [0.1, 0.15) is 6.04 Å². The molecule has 1 rings (SSSR count). The number of nitrogens with one attached hydrogen (secondary N) is 2. The van der Waals surface area contributed by atoms with Gasteiger partial charge in [-0.1, -0.05) is 37.6 Å². The van der Waals surface area contributed by atoms with E-state index in [2.05, 4.69) is 15.4 Å².